The van der Waals surface area contributed by atoms with Crippen LogP contribution in [0.2, 0.25) is 0 Å². The van der Waals surface area contributed by atoms with Crippen molar-refractivity contribution in [2.75, 3.05) is 5.75 Å². The molecule has 3 aliphatic carbocycles. The lowest BCUT2D eigenvalue weighted by Gasteiger charge is -2.42. The normalized spacial score (nSPS) is 40.7. The molecule has 3 aliphatic rings. The molecule has 5 atom stereocenters. The van der Waals surface area contributed by atoms with Gasteiger partial charge in [-0.15, -0.1) is 0 Å². The minimum atomic E-state index is -4.09. The Morgan fingerprint density at radius 1 is 1.29 bits per heavy atom. The summed E-state index contributed by atoms with van der Waals surface area (Å²) in [5.41, 5.74) is -0.756. The lowest BCUT2D eigenvalue weighted by Crippen LogP contribution is -2.53. The van der Waals surface area contributed by atoms with E-state index in [9.17, 15) is 17.8 Å². The molecule has 6 heteroatoms. The van der Waals surface area contributed by atoms with E-state index < -0.39 is 15.5 Å². The summed E-state index contributed by atoms with van der Waals surface area (Å²) in [5.74, 6) is 0.441. The van der Waals surface area contributed by atoms with Crippen molar-refractivity contribution < 1.29 is 17.8 Å². The monoisotopic (exact) mass is 355 g/mol. The van der Waals surface area contributed by atoms with Gasteiger partial charge in [-0.3, -0.25) is 9.35 Å². The summed E-state index contributed by atoms with van der Waals surface area (Å²) >= 11 is 0. The Morgan fingerprint density at radius 2 is 1.96 bits per heavy atom. The number of allylic oxidation sites excluding steroid dienone is 2. The molecule has 0 spiro atoms. The number of hydrogen-bond acceptors (Lipinski definition) is 3. The van der Waals surface area contributed by atoms with Crippen LogP contribution < -0.4 is 5.32 Å². The second-order valence-electron chi connectivity index (χ2n) is 8.66. The molecule has 5 nitrogen and oxygen atoms in total. The van der Waals surface area contributed by atoms with E-state index in [-0.39, 0.29) is 29.0 Å². The maximum absolute atomic E-state index is 12.8. The first-order chi connectivity index (χ1) is 11.1. The Hall–Kier alpha value is -0.880. The number of rotatable bonds is 4. The average molecular weight is 356 g/mol. The number of nitrogens with one attached hydrogen (secondary N) is 1. The van der Waals surface area contributed by atoms with Crippen molar-refractivity contribution in [1.29, 1.82) is 0 Å². The van der Waals surface area contributed by atoms with E-state index in [2.05, 4.69) is 38.2 Å². The smallest absolute Gasteiger partial charge is 0.265 e. The van der Waals surface area contributed by atoms with Crippen LogP contribution in [0.15, 0.2) is 12.2 Å². The number of amides is 1. The first kappa shape index (κ1) is 17.9. The van der Waals surface area contributed by atoms with Crippen molar-refractivity contribution in [2.45, 2.75) is 58.9 Å². The van der Waals surface area contributed by atoms with Crippen LogP contribution in [0.5, 0.6) is 0 Å². The predicted molar refractivity (Wildman–Crippen MR) is 92.9 cm³/mol. The Balaban J connectivity index is 1.82. The van der Waals surface area contributed by atoms with E-state index in [0.717, 1.165) is 32.1 Å². The number of hydrogen-bond donors (Lipinski definition) is 2. The number of carbonyl (C=O) groups excluding carboxylic acids is 1. The fourth-order valence-corrected chi connectivity index (χ4v) is 6.91. The maximum atomic E-state index is 12.8. The van der Waals surface area contributed by atoms with E-state index in [1.54, 1.807) is 0 Å². The van der Waals surface area contributed by atoms with E-state index in [1.165, 1.54) is 0 Å². The summed E-state index contributed by atoms with van der Waals surface area (Å²) in [6.45, 7) is 6.27. The molecular weight excluding hydrogens is 326 g/mol. The van der Waals surface area contributed by atoms with Crippen LogP contribution in [0, 0.1) is 28.6 Å². The lowest BCUT2D eigenvalue weighted by molar-refractivity contribution is -0.128. The van der Waals surface area contributed by atoms with Gasteiger partial charge < -0.3 is 5.32 Å². The van der Waals surface area contributed by atoms with Gasteiger partial charge in [-0.25, -0.2) is 0 Å². The molecule has 2 saturated carbocycles. The zero-order chi connectivity index (χ0) is 17.8. The third-order valence-corrected chi connectivity index (χ3v) is 8.15. The molecule has 136 valence electrons. The van der Waals surface area contributed by atoms with Gasteiger partial charge >= 0.3 is 0 Å². The molecule has 2 fully saturated rings. The minimum Gasteiger partial charge on any atom is -0.352 e. The van der Waals surface area contributed by atoms with Gasteiger partial charge in [0.15, 0.2) is 0 Å². The van der Waals surface area contributed by atoms with E-state index in [1.807, 2.05) is 0 Å². The van der Waals surface area contributed by atoms with Crippen molar-refractivity contribution in [3.05, 3.63) is 12.2 Å². The summed E-state index contributed by atoms with van der Waals surface area (Å²) in [6.07, 6.45) is 8.36. The van der Waals surface area contributed by atoms with Crippen LogP contribution >= 0.6 is 0 Å². The zero-order valence-corrected chi connectivity index (χ0v) is 15.6. The molecule has 0 radical (unpaired) electrons. The quantitative estimate of drug-likeness (QED) is 0.600. The summed E-state index contributed by atoms with van der Waals surface area (Å²) in [5, 5.41) is 3.18. The van der Waals surface area contributed by atoms with Crippen LogP contribution in [-0.4, -0.2) is 30.7 Å². The van der Waals surface area contributed by atoms with Crippen molar-refractivity contribution in [2.24, 2.45) is 28.6 Å². The molecule has 1 amide bonds. The highest BCUT2D eigenvalue weighted by Gasteiger charge is 2.65. The predicted octanol–water partition coefficient (Wildman–Crippen LogP) is 2.79. The van der Waals surface area contributed by atoms with E-state index in [4.69, 9.17) is 0 Å². The van der Waals surface area contributed by atoms with Gasteiger partial charge in [0.2, 0.25) is 5.91 Å². The Morgan fingerprint density at radius 3 is 2.54 bits per heavy atom. The van der Waals surface area contributed by atoms with Crippen molar-refractivity contribution in [1.82, 2.24) is 5.32 Å². The van der Waals surface area contributed by atoms with Crippen molar-refractivity contribution >= 4 is 16.0 Å². The molecular formula is C18H29NO4S. The van der Waals surface area contributed by atoms with Crippen LogP contribution in [-0.2, 0) is 14.9 Å². The van der Waals surface area contributed by atoms with Gasteiger partial charge in [0.05, 0.1) is 5.75 Å². The molecule has 0 aromatic heterocycles. The fraction of sp³-hybridized carbons (Fsp3) is 0.833. The first-order valence-corrected chi connectivity index (χ1v) is 10.6. The molecule has 0 heterocycles. The largest absolute Gasteiger partial charge is 0.352 e. The molecule has 24 heavy (non-hydrogen) atoms. The fourth-order valence-electron chi connectivity index (χ4n) is 5.54. The maximum Gasteiger partial charge on any atom is 0.265 e. The van der Waals surface area contributed by atoms with Gasteiger partial charge in [-0.2, -0.15) is 8.42 Å². The van der Waals surface area contributed by atoms with Crippen molar-refractivity contribution in [3.8, 4) is 0 Å². The first-order valence-electron chi connectivity index (χ1n) is 8.97. The summed E-state index contributed by atoms with van der Waals surface area (Å²) in [6, 6.07) is -0.168. The average Bonchev–Trinajstić information content (AvgIpc) is 2.80. The Kier molecular flexibility index (Phi) is 4.36. The number of fused-ring (bicyclic) bond motifs is 2. The Bertz CT molecular complexity index is 654. The Labute approximate surface area is 145 Å². The molecule has 1 unspecified atom stereocenters. The van der Waals surface area contributed by atoms with Gasteiger partial charge in [-0.05, 0) is 49.4 Å². The van der Waals surface area contributed by atoms with Crippen LogP contribution in [0.3, 0.4) is 0 Å². The minimum absolute atomic E-state index is 0.0370. The standard InChI is InChI=1S/C18H29NO4S/c1-12-6-4-5-7-14(12)16(20)19-15-10-13-8-9-18(15,17(13,2)3)11-24(21,22)23/h4-5,12-15H,6-11H2,1-3H3,(H,19,20)(H,21,22,23)/t12-,13?,14-,15-,18-/m1/s1. The van der Waals surface area contributed by atoms with Gasteiger partial charge in [0.1, 0.15) is 0 Å². The molecule has 3 rings (SSSR count). The lowest BCUT2D eigenvalue weighted by atomic mass is 9.68. The third-order valence-electron chi connectivity index (χ3n) is 7.27. The summed E-state index contributed by atoms with van der Waals surface area (Å²) in [4.78, 5) is 12.8. The van der Waals surface area contributed by atoms with E-state index in [0.29, 0.717) is 11.8 Å². The second-order valence-corrected chi connectivity index (χ2v) is 10.1. The van der Waals surface area contributed by atoms with E-state index >= 15 is 0 Å². The highest BCUT2D eigenvalue weighted by molar-refractivity contribution is 7.85. The summed E-state index contributed by atoms with van der Waals surface area (Å²) in [7, 11) is -4.09. The van der Waals surface area contributed by atoms with Crippen LogP contribution in [0.25, 0.3) is 0 Å². The third kappa shape index (κ3) is 2.81. The summed E-state index contributed by atoms with van der Waals surface area (Å²) < 4.78 is 32.9. The zero-order valence-electron chi connectivity index (χ0n) is 14.8. The molecule has 0 aliphatic heterocycles. The van der Waals surface area contributed by atoms with Crippen LogP contribution in [0.1, 0.15) is 52.9 Å². The molecule has 0 aromatic rings. The van der Waals surface area contributed by atoms with Gasteiger partial charge in [0, 0.05) is 17.4 Å². The molecule has 2 N–H and O–H groups in total. The molecule has 0 saturated heterocycles. The van der Waals surface area contributed by atoms with Gasteiger partial charge in [0.25, 0.3) is 10.1 Å². The van der Waals surface area contributed by atoms with Crippen molar-refractivity contribution in [3.63, 3.8) is 0 Å². The van der Waals surface area contributed by atoms with Crippen LogP contribution in [0.4, 0.5) is 0 Å². The van der Waals surface area contributed by atoms with Gasteiger partial charge in [-0.1, -0.05) is 32.9 Å². The SMILES string of the molecule is C[C@@H]1CC=CC[C@H]1C(=O)N[C@@H]1CC2CC[C@]1(CS(=O)(=O)O)C2(C)C. The second kappa shape index (κ2) is 5.84. The molecule has 2 bridgehead atoms. The topological polar surface area (TPSA) is 83.5 Å². The highest BCUT2D eigenvalue weighted by Crippen LogP contribution is 2.66. The number of carbonyl (C=O) groups is 1. The highest BCUT2D eigenvalue weighted by atomic mass is 32.2. The molecule has 0 aromatic carbocycles.